The van der Waals surface area contributed by atoms with Crippen LogP contribution >= 0.6 is 0 Å². The molecule has 2 heterocycles. The molecule has 0 aromatic carbocycles. The van der Waals surface area contributed by atoms with Gasteiger partial charge < -0.3 is 15.0 Å². The molecule has 1 aliphatic rings. The minimum atomic E-state index is 0.418. The van der Waals surface area contributed by atoms with Gasteiger partial charge in [0.05, 0.1) is 6.61 Å². The minimum Gasteiger partial charge on any atom is -0.463 e. The zero-order chi connectivity index (χ0) is 13.7. The van der Waals surface area contributed by atoms with Crippen LogP contribution in [0.25, 0.3) is 0 Å². The standard InChI is InChI=1S/C13H23N5O/c1-10(2)6-9-19-13-16-11(14-3)15-12(17-13)18-7-4-5-8-18/h10H,4-9H2,1-3H3,(H,14,15,16,17). The van der Waals surface area contributed by atoms with Crippen LogP contribution in [0, 0.1) is 5.92 Å². The first-order chi connectivity index (χ1) is 9.19. The highest BCUT2D eigenvalue weighted by atomic mass is 16.5. The molecule has 0 unspecified atom stereocenters. The first kappa shape index (κ1) is 13.8. The van der Waals surface area contributed by atoms with Crippen molar-refractivity contribution in [2.45, 2.75) is 33.1 Å². The van der Waals surface area contributed by atoms with Crippen molar-refractivity contribution in [1.29, 1.82) is 0 Å². The van der Waals surface area contributed by atoms with Crippen LogP contribution in [0.3, 0.4) is 0 Å². The largest absolute Gasteiger partial charge is 0.463 e. The van der Waals surface area contributed by atoms with Crippen LogP contribution in [-0.2, 0) is 0 Å². The number of hydrogen-bond donors (Lipinski definition) is 1. The molecule has 2 rings (SSSR count). The van der Waals surface area contributed by atoms with Crippen molar-refractivity contribution in [1.82, 2.24) is 15.0 Å². The molecule has 0 radical (unpaired) electrons. The van der Waals surface area contributed by atoms with Gasteiger partial charge in [0, 0.05) is 20.1 Å². The van der Waals surface area contributed by atoms with E-state index in [1.165, 1.54) is 12.8 Å². The van der Waals surface area contributed by atoms with E-state index in [1.807, 2.05) is 0 Å². The molecule has 6 heteroatoms. The van der Waals surface area contributed by atoms with Gasteiger partial charge in [0.15, 0.2) is 0 Å². The van der Waals surface area contributed by atoms with Crippen molar-refractivity contribution in [3.8, 4) is 6.01 Å². The molecule has 0 aliphatic carbocycles. The van der Waals surface area contributed by atoms with Crippen molar-refractivity contribution in [3.05, 3.63) is 0 Å². The van der Waals surface area contributed by atoms with Crippen molar-refractivity contribution < 1.29 is 4.74 Å². The van der Waals surface area contributed by atoms with Gasteiger partial charge in [-0.3, -0.25) is 0 Å². The van der Waals surface area contributed by atoms with Gasteiger partial charge in [-0.2, -0.15) is 15.0 Å². The summed E-state index contributed by atoms with van der Waals surface area (Å²) in [6.07, 6.45) is 3.40. The maximum absolute atomic E-state index is 5.63. The van der Waals surface area contributed by atoms with Gasteiger partial charge in [-0.1, -0.05) is 13.8 Å². The van der Waals surface area contributed by atoms with Crippen LogP contribution in [0.1, 0.15) is 33.1 Å². The van der Waals surface area contributed by atoms with E-state index in [2.05, 4.69) is 39.0 Å². The highest BCUT2D eigenvalue weighted by Gasteiger charge is 2.17. The van der Waals surface area contributed by atoms with Gasteiger partial charge in [-0.15, -0.1) is 0 Å². The molecule has 0 saturated carbocycles. The fourth-order valence-electron chi connectivity index (χ4n) is 1.97. The Morgan fingerprint density at radius 1 is 1.21 bits per heavy atom. The summed E-state index contributed by atoms with van der Waals surface area (Å²) in [4.78, 5) is 15.2. The molecule has 1 N–H and O–H groups in total. The number of nitrogens with zero attached hydrogens (tertiary/aromatic N) is 4. The third kappa shape index (κ3) is 3.94. The van der Waals surface area contributed by atoms with E-state index in [0.717, 1.165) is 25.5 Å². The van der Waals surface area contributed by atoms with Crippen LogP contribution in [0.2, 0.25) is 0 Å². The predicted octanol–water partition coefficient (Wildman–Crippen LogP) is 1.94. The van der Waals surface area contributed by atoms with E-state index in [-0.39, 0.29) is 0 Å². The van der Waals surface area contributed by atoms with Crippen LogP contribution in [0.15, 0.2) is 0 Å². The second kappa shape index (κ2) is 6.54. The Hall–Kier alpha value is -1.59. The zero-order valence-corrected chi connectivity index (χ0v) is 12.0. The second-order valence-corrected chi connectivity index (χ2v) is 5.22. The smallest absolute Gasteiger partial charge is 0.323 e. The zero-order valence-electron chi connectivity index (χ0n) is 12.0. The molecule has 1 aromatic rings. The van der Waals surface area contributed by atoms with E-state index >= 15 is 0 Å². The van der Waals surface area contributed by atoms with Gasteiger partial charge in [0.2, 0.25) is 11.9 Å². The van der Waals surface area contributed by atoms with Gasteiger partial charge in [0.1, 0.15) is 0 Å². The third-order valence-corrected chi connectivity index (χ3v) is 3.14. The molecule has 0 spiro atoms. The summed E-state index contributed by atoms with van der Waals surface area (Å²) in [6, 6.07) is 0.418. The molecule has 0 bridgehead atoms. The van der Waals surface area contributed by atoms with E-state index in [4.69, 9.17) is 4.74 Å². The maximum atomic E-state index is 5.63. The molecule has 1 saturated heterocycles. The Kier molecular flexibility index (Phi) is 4.76. The predicted molar refractivity (Wildman–Crippen MR) is 75.8 cm³/mol. The van der Waals surface area contributed by atoms with E-state index in [9.17, 15) is 0 Å². The Bertz CT molecular complexity index is 404. The van der Waals surface area contributed by atoms with Crippen LogP contribution < -0.4 is 15.0 Å². The summed E-state index contributed by atoms with van der Waals surface area (Å²) in [6.45, 7) is 7.01. The average Bonchev–Trinajstić information content (AvgIpc) is 2.92. The Morgan fingerprint density at radius 3 is 2.58 bits per heavy atom. The molecule has 0 amide bonds. The maximum Gasteiger partial charge on any atom is 0.323 e. The fourth-order valence-corrected chi connectivity index (χ4v) is 1.97. The molecule has 0 atom stereocenters. The van der Waals surface area contributed by atoms with Crippen molar-refractivity contribution >= 4 is 11.9 Å². The molecule has 19 heavy (non-hydrogen) atoms. The molecular formula is C13H23N5O. The fraction of sp³-hybridized carbons (Fsp3) is 0.769. The van der Waals surface area contributed by atoms with Crippen LogP contribution in [0.5, 0.6) is 6.01 Å². The van der Waals surface area contributed by atoms with Gasteiger partial charge in [0.25, 0.3) is 0 Å². The summed E-state index contributed by atoms with van der Waals surface area (Å²) < 4.78 is 5.63. The third-order valence-electron chi connectivity index (χ3n) is 3.14. The summed E-state index contributed by atoms with van der Waals surface area (Å²) >= 11 is 0. The lowest BCUT2D eigenvalue weighted by Crippen LogP contribution is -2.21. The SMILES string of the molecule is CNc1nc(OCCC(C)C)nc(N2CCCC2)n1. The minimum absolute atomic E-state index is 0.418. The number of aromatic nitrogens is 3. The topological polar surface area (TPSA) is 63.2 Å². The summed E-state index contributed by atoms with van der Waals surface area (Å²) in [5.41, 5.74) is 0. The summed E-state index contributed by atoms with van der Waals surface area (Å²) in [5.74, 6) is 1.90. The first-order valence-corrected chi connectivity index (χ1v) is 7.00. The molecule has 1 fully saturated rings. The molecule has 106 valence electrons. The highest BCUT2D eigenvalue weighted by Crippen LogP contribution is 2.19. The van der Waals surface area contributed by atoms with E-state index < -0.39 is 0 Å². The van der Waals surface area contributed by atoms with Gasteiger partial charge in [-0.05, 0) is 25.2 Å². The van der Waals surface area contributed by atoms with Crippen molar-refractivity contribution in [3.63, 3.8) is 0 Å². The van der Waals surface area contributed by atoms with Crippen LogP contribution in [0.4, 0.5) is 11.9 Å². The number of ether oxygens (including phenoxy) is 1. The van der Waals surface area contributed by atoms with Gasteiger partial charge in [-0.25, -0.2) is 0 Å². The number of hydrogen-bond acceptors (Lipinski definition) is 6. The monoisotopic (exact) mass is 265 g/mol. The van der Waals surface area contributed by atoms with Crippen LogP contribution in [-0.4, -0.2) is 41.7 Å². The van der Waals surface area contributed by atoms with Gasteiger partial charge >= 0.3 is 6.01 Å². The molecule has 1 aromatic heterocycles. The Labute approximate surface area is 114 Å². The lowest BCUT2D eigenvalue weighted by atomic mass is 10.1. The quantitative estimate of drug-likeness (QED) is 0.848. The highest BCUT2D eigenvalue weighted by molar-refractivity contribution is 5.38. The first-order valence-electron chi connectivity index (χ1n) is 7.00. The molecule has 6 nitrogen and oxygen atoms in total. The normalized spacial score (nSPS) is 15.1. The Balaban J connectivity index is 2.06. The molecular weight excluding hydrogens is 242 g/mol. The number of rotatable bonds is 6. The lowest BCUT2D eigenvalue weighted by Gasteiger charge is -2.16. The summed E-state index contributed by atoms with van der Waals surface area (Å²) in [5, 5.41) is 2.96. The number of anilines is 2. The number of nitrogens with one attached hydrogen (secondary N) is 1. The van der Waals surface area contributed by atoms with Crippen molar-refractivity contribution in [2.75, 3.05) is 37.0 Å². The second-order valence-electron chi connectivity index (χ2n) is 5.22. The van der Waals surface area contributed by atoms with E-state index in [0.29, 0.717) is 24.5 Å². The average molecular weight is 265 g/mol. The Morgan fingerprint density at radius 2 is 1.95 bits per heavy atom. The summed E-state index contributed by atoms with van der Waals surface area (Å²) in [7, 11) is 1.81. The lowest BCUT2D eigenvalue weighted by molar-refractivity contribution is 0.268. The van der Waals surface area contributed by atoms with E-state index in [1.54, 1.807) is 7.05 Å². The van der Waals surface area contributed by atoms with Crippen molar-refractivity contribution in [2.24, 2.45) is 5.92 Å². The molecule has 1 aliphatic heterocycles.